The molecule has 0 spiro atoms. The van der Waals surface area contributed by atoms with Crippen molar-refractivity contribution in [1.29, 1.82) is 0 Å². The van der Waals surface area contributed by atoms with Crippen molar-refractivity contribution in [3.05, 3.63) is 39.7 Å². The molecule has 0 aliphatic heterocycles. The molecule has 0 amide bonds. The van der Waals surface area contributed by atoms with Crippen LogP contribution in [-0.4, -0.2) is 22.1 Å². The highest BCUT2D eigenvalue weighted by molar-refractivity contribution is 7.20. The van der Waals surface area contributed by atoms with Gasteiger partial charge < -0.3 is 9.30 Å². The van der Waals surface area contributed by atoms with Crippen molar-refractivity contribution in [2.75, 3.05) is 6.61 Å². The molecule has 0 atom stereocenters. The molecule has 0 aliphatic rings. The highest BCUT2D eigenvalue weighted by Crippen LogP contribution is 2.34. The number of hydrogen-bond acceptors (Lipinski definition) is 4. The van der Waals surface area contributed by atoms with Crippen molar-refractivity contribution in [3.8, 4) is 11.4 Å². The first-order valence-electron chi connectivity index (χ1n) is 6.91. The second-order valence-corrected chi connectivity index (χ2v) is 6.37. The first-order valence-corrected chi connectivity index (χ1v) is 8.11. The van der Waals surface area contributed by atoms with E-state index in [0.717, 1.165) is 27.3 Å². The van der Waals surface area contributed by atoms with Gasteiger partial charge in [-0.2, -0.15) is 0 Å². The number of esters is 1. The van der Waals surface area contributed by atoms with E-state index in [-0.39, 0.29) is 5.97 Å². The second kappa shape index (κ2) is 5.74. The van der Waals surface area contributed by atoms with Gasteiger partial charge in [-0.15, -0.1) is 11.3 Å². The normalized spacial score (nSPS) is 11.1. The summed E-state index contributed by atoms with van der Waals surface area (Å²) in [7, 11) is 1.94. The minimum Gasteiger partial charge on any atom is -0.462 e. The Hall–Kier alpha value is -1.85. The molecule has 1 aromatic carbocycles. The van der Waals surface area contributed by atoms with Gasteiger partial charge in [0.1, 0.15) is 15.5 Å². The predicted molar refractivity (Wildman–Crippen MR) is 89.7 cm³/mol. The maximum Gasteiger partial charge on any atom is 0.348 e. The molecular weight excluding hydrogens is 320 g/mol. The molecule has 4 nitrogen and oxygen atoms in total. The fraction of sp³-hybridized carbons (Fsp3) is 0.250. The summed E-state index contributed by atoms with van der Waals surface area (Å²) in [5, 5.41) is 0.674. The van der Waals surface area contributed by atoms with Crippen LogP contribution in [0.2, 0.25) is 5.02 Å². The Morgan fingerprint density at radius 2 is 2.23 bits per heavy atom. The topological polar surface area (TPSA) is 44.1 Å². The second-order valence-electron chi connectivity index (χ2n) is 4.94. The highest BCUT2D eigenvalue weighted by atomic mass is 35.5. The summed E-state index contributed by atoms with van der Waals surface area (Å²) in [6.45, 7) is 4.10. The zero-order valence-electron chi connectivity index (χ0n) is 12.5. The number of ether oxygens (including phenoxy) is 1. The van der Waals surface area contributed by atoms with Gasteiger partial charge in [0.05, 0.1) is 12.1 Å². The molecule has 0 radical (unpaired) electrons. The molecule has 3 rings (SSSR count). The molecule has 114 valence electrons. The summed E-state index contributed by atoms with van der Waals surface area (Å²) in [6.07, 6.45) is 0. The van der Waals surface area contributed by atoms with Gasteiger partial charge in [-0.1, -0.05) is 23.7 Å². The van der Waals surface area contributed by atoms with E-state index in [1.807, 2.05) is 42.8 Å². The van der Waals surface area contributed by atoms with Crippen LogP contribution < -0.4 is 0 Å². The van der Waals surface area contributed by atoms with Crippen molar-refractivity contribution in [2.45, 2.75) is 13.8 Å². The number of fused-ring (bicyclic) bond motifs is 1. The van der Waals surface area contributed by atoms with Gasteiger partial charge in [0.25, 0.3) is 0 Å². The van der Waals surface area contributed by atoms with Crippen LogP contribution in [0, 0.1) is 6.92 Å². The summed E-state index contributed by atoms with van der Waals surface area (Å²) >= 11 is 7.42. The number of halogens is 1. The number of benzene rings is 1. The van der Waals surface area contributed by atoms with Crippen molar-refractivity contribution in [3.63, 3.8) is 0 Å². The molecule has 2 heterocycles. The molecule has 0 saturated carbocycles. The van der Waals surface area contributed by atoms with Crippen LogP contribution in [-0.2, 0) is 11.8 Å². The van der Waals surface area contributed by atoms with Crippen LogP contribution in [0.1, 0.15) is 22.2 Å². The maximum atomic E-state index is 12.0. The molecule has 0 aliphatic carbocycles. The van der Waals surface area contributed by atoms with Gasteiger partial charge in [0.2, 0.25) is 0 Å². The van der Waals surface area contributed by atoms with E-state index in [0.29, 0.717) is 16.5 Å². The fourth-order valence-corrected chi connectivity index (χ4v) is 3.81. The standard InChI is InChI=1S/C16H15ClN2O2S/c1-4-21-16(20)13-9(2)12-15(22-13)18-14(19(12)3)10-6-5-7-11(17)8-10/h5-8H,4H2,1-3H3. The van der Waals surface area contributed by atoms with E-state index in [4.69, 9.17) is 16.3 Å². The lowest BCUT2D eigenvalue weighted by Crippen LogP contribution is -2.04. The minimum absolute atomic E-state index is 0.285. The van der Waals surface area contributed by atoms with Crippen LogP contribution in [0.15, 0.2) is 24.3 Å². The Bertz CT molecular complexity index is 867. The monoisotopic (exact) mass is 334 g/mol. The van der Waals surface area contributed by atoms with Crippen LogP contribution in [0.5, 0.6) is 0 Å². The number of carbonyl (C=O) groups is 1. The Labute approximate surface area is 137 Å². The molecule has 6 heteroatoms. The SMILES string of the molecule is CCOC(=O)c1sc2nc(-c3cccc(Cl)c3)n(C)c2c1C. The summed E-state index contributed by atoms with van der Waals surface area (Å²) in [5.41, 5.74) is 2.82. The van der Waals surface area contributed by atoms with Gasteiger partial charge in [-0.25, -0.2) is 9.78 Å². The summed E-state index contributed by atoms with van der Waals surface area (Å²) in [5.74, 6) is 0.551. The Kier molecular flexibility index (Phi) is 3.93. The molecule has 22 heavy (non-hydrogen) atoms. The lowest BCUT2D eigenvalue weighted by Gasteiger charge is -2.04. The van der Waals surface area contributed by atoms with Gasteiger partial charge in [-0.3, -0.25) is 0 Å². The molecule has 0 N–H and O–H groups in total. The Morgan fingerprint density at radius 1 is 1.45 bits per heavy atom. The maximum absolute atomic E-state index is 12.0. The molecule has 0 bridgehead atoms. The number of imidazole rings is 1. The van der Waals surface area contributed by atoms with Crippen LogP contribution in [0.3, 0.4) is 0 Å². The smallest absolute Gasteiger partial charge is 0.348 e. The molecule has 0 saturated heterocycles. The summed E-state index contributed by atoms with van der Waals surface area (Å²) in [6, 6.07) is 7.59. The van der Waals surface area contributed by atoms with Crippen molar-refractivity contribution < 1.29 is 9.53 Å². The van der Waals surface area contributed by atoms with Gasteiger partial charge >= 0.3 is 5.97 Å². The van der Waals surface area contributed by atoms with Crippen LogP contribution in [0.25, 0.3) is 21.7 Å². The average molecular weight is 335 g/mol. The molecule has 2 aromatic heterocycles. The van der Waals surface area contributed by atoms with Crippen molar-refractivity contribution in [2.24, 2.45) is 7.05 Å². The first-order chi connectivity index (χ1) is 10.5. The summed E-state index contributed by atoms with van der Waals surface area (Å²) < 4.78 is 7.09. The van der Waals surface area contributed by atoms with Crippen molar-refractivity contribution >= 4 is 39.3 Å². The molecule has 0 fully saturated rings. The quantitative estimate of drug-likeness (QED) is 0.665. The zero-order valence-corrected chi connectivity index (χ0v) is 14.1. The number of aromatic nitrogens is 2. The number of rotatable bonds is 3. The Morgan fingerprint density at radius 3 is 2.86 bits per heavy atom. The highest BCUT2D eigenvalue weighted by Gasteiger charge is 2.21. The lowest BCUT2D eigenvalue weighted by atomic mass is 10.2. The van der Waals surface area contributed by atoms with Gasteiger partial charge in [-0.05, 0) is 26.0 Å². The van der Waals surface area contributed by atoms with E-state index in [1.165, 1.54) is 11.3 Å². The van der Waals surface area contributed by atoms with E-state index in [1.54, 1.807) is 6.92 Å². The predicted octanol–water partition coefficient (Wildman–Crippen LogP) is 4.44. The number of nitrogens with zero attached hydrogens (tertiary/aromatic N) is 2. The lowest BCUT2D eigenvalue weighted by molar-refractivity contribution is 0.0531. The van der Waals surface area contributed by atoms with Crippen LogP contribution >= 0.6 is 22.9 Å². The van der Waals surface area contributed by atoms with E-state index < -0.39 is 0 Å². The zero-order chi connectivity index (χ0) is 15.9. The fourth-order valence-electron chi connectivity index (χ4n) is 2.51. The minimum atomic E-state index is -0.285. The van der Waals surface area contributed by atoms with E-state index in [9.17, 15) is 4.79 Å². The number of thiophene rings is 1. The third kappa shape index (κ3) is 2.40. The average Bonchev–Trinajstić information content (AvgIpc) is 2.97. The van der Waals surface area contributed by atoms with Crippen LogP contribution in [0.4, 0.5) is 0 Å². The Balaban J connectivity index is 2.14. The molecule has 0 unspecified atom stereocenters. The number of aryl methyl sites for hydroxylation is 2. The summed E-state index contributed by atoms with van der Waals surface area (Å²) in [4.78, 5) is 18.1. The number of carbonyl (C=O) groups excluding carboxylic acids is 1. The molecular formula is C16H15ClN2O2S. The van der Waals surface area contributed by atoms with Gasteiger partial charge in [0.15, 0.2) is 0 Å². The third-order valence-corrected chi connectivity index (χ3v) is 4.89. The largest absolute Gasteiger partial charge is 0.462 e. The van der Waals surface area contributed by atoms with Gasteiger partial charge in [0, 0.05) is 23.2 Å². The van der Waals surface area contributed by atoms with E-state index >= 15 is 0 Å². The third-order valence-electron chi connectivity index (χ3n) is 3.50. The van der Waals surface area contributed by atoms with Crippen molar-refractivity contribution in [1.82, 2.24) is 9.55 Å². The number of hydrogen-bond donors (Lipinski definition) is 0. The van der Waals surface area contributed by atoms with E-state index in [2.05, 4.69) is 4.98 Å². The first kappa shape index (κ1) is 15.1. The molecule has 3 aromatic rings.